The van der Waals surface area contributed by atoms with Gasteiger partial charge in [0, 0.05) is 52.7 Å². The number of hydrogen-bond acceptors (Lipinski definition) is 6. The Morgan fingerprint density at radius 2 is 1.59 bits per heavy atom. The molecule has 0 aliphatic carbocycles. The standard InChI is InChI=1S/C31H33ClN2O7/c1-16-19(4)40-28-18(3)29-24(15-23(16)28)17(2)22(31(39)41-29)11-12-26(35)34-25(14-20-7-9-21(32)10-8-20)30(38)33-13-5-6-27(36)37/h7-10,15,25H,5-6,11-14H2,1-4H3,(H,33,38)(H,34,35)(H,36,37). The summed E-state index contributed by atoms with van der Waals surface area (Å²) in [7, 11) is 0. The van der Waals surface area contributed by atoms with Gasteiger partial charge in [-0.05, 0) is 75.4 Å². The minimum atomic E-state index is -0.951. The topological polar surface area (TPSA) is 139 Å². The van der Waals surface area contributed by atoms with Gasteiger partial charge < -0.3 is 24.6 Å². The lowest BCUT2D eigenvalue weighted by molar-refractivity contribution is -0.137. The van der Waals surface area contributed by atoms with E-state index in [9.17, 15) is 19.2 Å². The van der Waals surface area contributed by atoms with E-state index in [0.717, 1.165) is 38.8 Å². The summed E-state index contributed by atoms with van der Waals surface area (Å²) in [6.07, 6.45) is 0.496. The molecule has 1 atom stereocenters. The second kappa shape index (κ2) is 12.6. The van der Waals surface area contributed by atoms with Crippen molar-refractivity contribution in [3.8, 4) is 0 Å². The molecule has 2 heterocycles. The molecule has 0 aliphatic heterocycles. The first-order valence-electron chi connectivity index (χ1n) is 13.4. The Labute approximate surface area is 241 Å². The Kier molecular flexibility index (Phi) is 9.18. The van der Waals surface area contributed by atoms with Crippen molar-refractivity contribution in [2.24, 2.45) is 0 Å². The third-order valence-corrected chi connectivity index (χ3v) is 7.67. The molecule has 9 nitrogen and oxygen atoms in total. The van der Waals surface area contributed by atoms with Gasteiger partial charge in [0.05, 0.1) is 0 Å². The average Bonchev–Trinajstić information content (AvgIpc) is 3.21. The molecule has 41 heavy (non-hydrogen) atoms. The zero-order valence-corrected chi connectivity index (χ0v) is 24.2. The Hall–Kier alpha value is -4.11. The van der Waals surface area contributed by atoms with Crippen LogP contribution in [0.15, 0.2) is 44.0 Å². The van der Waals surface area contributed by atoms with Crippen LogP contribution in [0, 0.1) is 27.7 Å². The van der Waals surface area contributed by atoms with Crippen LogP contribution in [0.3, 0.4) is 0 Å². The van der Waals surface area contributed by atoms with Gasteiger partial charge in [-0.15, -0.1) is 0 Å². The number of fused-ring (bicyclic) bond motifs is 2. The van der Waals surface area contributed by atoms with Crippen LogP contribution >= 0.6 is 11.6 Å². The number of rotatable bonds is 11. The smallest absolute Gasteiger partial charge is 0.339 e. The third-order valence-electron chi connectivity index (χ3n) is 7.42. The molecule has 4 aromatic rings. The lowest BCUT2D eigenvalue weighted by Gasteiger charge is -2.19. The van der Waals surface area contributed by atoms with E-state index >= 15 is 0 Å². The number of halogens is 1. The van der Waals surface area contributed by atoms with E-state index in [4.69, 9.17) is 25.5 Å². The number of carboxylic acid groups (broad SMARTS) is 1. The molecule has 4 rings (SSSR count). The summed E-state index contributed by atoms with van der Waals surface area (Å²) < 4.78 is 11.6. The highest BCUT2D eigenvalue weighted by molar-refractivity contribution is 6.30. The fourth-order valence-corrected chi connectivity index (χ4v) is 5.05. The number of amides is 2. The van der Waals surface area contributed by atoms with Crippen LogP contribution in [0.4, 0.5) is 0 Å². The summed E-state index contributed by atoms with van der Waals surface area (Å²) in [6, 6.07) is 8.00. The van der Waals surface area contributed by atoms with Crippen LogP contribution in [-0.4, -0.2) is 35.5 Å². The van der Waals surface area contributed by atoms with E-state index in [2.05, 4.69) is 10.6 Å². The number of aryl methyl sites for hydroxylation is 4. The van der Waals surface area contributed by atoms with Crippen molar-refractivity contribution in [3.05, 3.63) is 79.4 Å². The average molecular weight is 581 g/mol. The fourth-order valence-electron chi connectivity index (χ4n) is 4.93. The highest BCUT2D eigenvalue weighted by Gasteiger charge is 2.23. The zero-order valence-electron chi connectivity index (χ0n) is 23.5. The molecular weight excluding hydrogens is 548 g/mol. The van der Waals surface area contributed by atoms with Crippen LogP contribution in [0.2, 0.25) is 5.02 Å². The van der Waals surface area contributed by atoms with Gasteiger partial charge in [0.25, 0.3) is 0 Å². The highest BCUT2D eigenvalue weighted by atomic mass is 35.5. The molecule has 0 spiro atoms. The quantitative estimate of drug-likeness (QED) is 0.166. The fraction of sp³-hybridized carbons (Fsp3) is 0.355. The molecule has 0 saturated heterocycles. The molecule has 2 amide bonds. The van der Waals surface area contributed by atoms with Crippen molar-refractivity contribution in [2.45, 2.75) is 65.8 Å². The summed E-state index contributed by atoms with van der Waals surface area (Å²) in [5.41, 5.74) is 4.33. The van der Waals surface area contributed by atoms with Crippen molar-refractivity contribution < 1.29 is 28.3 Å². The van der Waals surface area contributed by atoms with Crippen molar-refractivity contribution in [2.75, 3.05) is 6.54 Å². The maximum atomic E-state index is 13.0. The lowest BCUT2D eigenvalue weighted by atomic mass is 9.98. The monoisotopic (exact) mass is 580 g/mol. The van der Waals surface area contributed by atoms with Crippen LogP contribution in [0.1, 0.15) is 52.8 Å². The molecule has 0 fully saturated rings. The number of carbonyl (C=O) groups excluding carboxylic acids is 2. The number of carboxylic acids is 1. The molecule has 1 unspecified atom stereocenters. The molecule has 0 bridgehead atoms. The Morgan fingerprint density at radius 1 is 0.927 bits per heavy atom. The second-order valence-corrected chi connectivity index (χ2v) is 10.7. The van der Waals surface area contributed by atoms with Crippen LogP contribution in [0.25, 0.3) is 21.9 Å². The summed E-state index contributed by atoms with van der Waals surface area (Å²) in [6.45, 7) is 7.74. The zero-order chi connectivity index (χ0) is 29.8. The summed E-state index contributed by atoms with van der Waals surface area (Å²) in [4.78, 5) is 49.7. The molecule has 3 N–H and O–H groups in total. The Morgan fingerprint density at radius 3 is 2.27 bits per heavy atom. The van der Waals surface area contributed by atoms with Crippen LogP contribution < -0.4 is 16.3 Å². The Bertz CT molecular complexity index is 1690. The normalized spacial score (nSPS) is 12.0. The maximum absolute atomic E-state index is 13.0. The summed E-state index contributed by atoms with van der Waals surface area (Å²) >= 11 is 5.98. The number of furan rings is 1. The van der Waals surface area contributed by atoms with Gasteiger partial charge >= 0.3 is 11.6 Å². The van der Waals surface area contributed by atoms with E-state index < -0.39 is 29.5 Å². The van der Waals surface area contributed by atoms with Crippen molar-refractivity contribution in [1.29, 1.82) is 0 Å². The van der Waals surface area contributed by atoms with Crippen LogP contribution in [0.5, 0.6) is 0 Å². The number of hydrogen-bond donors (Lipinski definition) is 3. The Balaban J connectivity index is 1.51. The number of carbonyl (C=O) groups is 3. The molecule has 2 aromatic heterocycles. The van der Waals surface area contributed by atoms with Gasteiger partial charge in [0.1, 0.15) is 23.0 Å². The first-order chi connectivity index (χ1) is 19.5. The van der Waals surface area contributed by atoms with Gasteiger partial charge in [-0.1, -0.05) is 23.7 Å². The minimum Gasteiger partial charge on any atom is -0.481 e. The largest absolute Gasteiger partial charge is 0.481 e. The molecule has 216 valence electrons. The van der Waals surface area contributed by atoms with Crippen molar-refractivity contribution in [1.82, 2.24) is 10.6 Å². The first-order valence-corrected chi connectivity index (χ1v) is 13.8. The summed E-state index contributed by atoms with van der Waals surface area (Å²) in [5.74, 6) is -0.982. The molecule has 10 heteroatoms. The molecular formula is C31H33ClN2O7. The second-order valence-electron chi connectivity index (χ2n) is 10.3. The number of benzene rings is 2. The first kappa shape index (κ1) is 29.9. The van der Waals surface area contributed by atoms with E-state index in [1.54, 1.807) is 24.3 Å². The third kappa shape index (κ3) is 6.79. The lowest BCUT2D eigenvalue weighted by Crippen LogP contribution is -2.48. The minimum absolute atomic E-state index is 0.0361. The van der Waals surface area contributed by atoms with Gasteiger partial charge in [-0.3, -0.25) is 14.4 Å². The molecule has 0 saturated carbocycles. The van der Waals surface area contributed by atoms with Gasteiger partial charge in [-0.2, -0.15) is 0 Å². The number of nitrogens with one attached hydrogen (secondary N) is 2. The van der Waals surface area contributed by atoms with Crippen LogP contribution in [-0.2, 0) is 27.2 Å². The predicted molar refractivity (Wildman–Crippen MR) is 156 cm³/mol. The molecule has 0 radical (unpaired) electrons. The van der Waals surface area contributed by atoms with E-state index in [1.807, 2.05) is 33.8 Å². The highest BCUT2D eigenvalue weighted by Crippen LogP contribution is 2.34. The van der Waals surface area contributed by atoms with E-state index in [1.165, 1.54) is 0 Å². The van der Waals surface area contributed by atoms with Gasteiger partial charge in [-0.25, -0.2) is 4.79 Å². The predicted octanol–water partition coefficient (Wildman–Crippen LogP) is 5.07. The molecule has 0 aliphatic rings. The summed E-state index contributed by atoms with van der Waals surface area (Å²) in [5, 5.41) is 16.6. The van der Waals surface area contributed by atoms with Gasteiger partial charge in [0.15, 0.2) is 0 Å². The van der Waals surface area contributed by atoms with Crippen molar-refractivity contribution >= 4 is 51.3 Å². The van der Waals surface area contributed by atoms with Crippen molar-refractivity contribution in [3.63, 3.8) is 0 Å². The molecule has 2 aromatic carbocycles. The van der Waals surface area contributed by atoms with Gasteiger partial charge in [0.2, 0.25) is 11.8 Å². The van der Waals surface area contributed by atoms with E-state index in [-0.39, 0.29) is 38.6 Å². The SMILES string of the molecule is Cc1oc2c(C)c3oc(=O)c(CCC(=O)NC(Cc4ccc(Cl)cc4)C(=O)NCCCC(=O)O)c(C)c3cc2c1C. The number of aliphatic carboxylic acids is 1. The maximum Gasteiger partial charge on any atom is 0.339 e. The van der Waals surface area contributed by atoms with E-state index in [0.29, 0.717) is 21.8 Å².